The molecule has 4 heteroatoms. The molecule has 3 nitrogen and oxygen atoms in total. The number of aromatic nitrogens is 2. The van der Waals surface area contributed by atoms with Gasteiger partial charge in [-0.2, -0.15) is 0 Å². The van der Waals surface area contributed by atoms with Crippen LogP contribution in [0.3, 0.4) is 0 Å². The largest absolute Gasteiger partial charge is 0.457 e. The maximum atomic E-state index is 6.25. The van der Waals surface area contributed by atoms with Gasteiger partial charge in [0.05, 0.1) is 11.0 Å². The molecule has 0 fully saturated rings. The Bertz CT molecular complexity index is 1750. The van der Waals surface area contributed by atoms with Crippen LogP contribution in [0.15, 0.2) is 114 Å². The van der Waals surface area contributed by atoms with E-state index in [9.17, 15) is 0 Å². The van der Waals surface area contributed by atoms with Crippen LogP contribution < -0.4 is 4.74 Å². The van der Waals surface area contributed by atoms with Gasteiger partial charge < -0.3 is 4.74 Å². The molecule has 0 aliphatic heterocycles. The number of pyridine rings is 1. The Labute approximate surface area is 225 Å². The first kappa shape index (κ1) is 23.5. The molecule has 37 heavy (non-hydrogen) atoms. The Balaban J connectivity index is 1.57. The first-order chi connectivity index (χ1) is 17.9. The third kappa shape index (κ3) is 4.42. The van der Waals surface area contributed by atoms with Crippen LogP contribution >= 0.6 is 15.9 Å². The van der Waals surface area contributed by atoms with Crippen molar-refractivity contribution < 1.29 is 4.74 Å². The van der Waals surface area contributed by atoms with Crippen molar-refractivity contribution in [3.63, 3.8) is 0 Å². The Hall–Kier alpha value is -3.89. The number of rotatable bonds is 4. The van der Waals surface area contributed by atoms with Gasteiger partial charge in [0.2, 0.25) is 0 Å². The van der Waals surface area contributed by atoms with Crippen molar-refractivity contribution in [1.82, 2.24) is 9.55 Å². The van der Waals surface area contributed by atoms with Gasteiger partial charge in [-0.05, 0) is 59.0 Å². The van der Waals surface area contributed by atoms with Gasteiger partial charge in [0.1, 0.15) is 17.3 Å². The lowest BCUT2D eigenvalue weighted by Crippen LogP contribution is -2.14. The molecule has 0 radical (unpaired) electrons. The van der Waals surface area contributed by atoms with Gasteiger partial charge >= 0.3 is 0 Å². The molecule has 0 aliphatic carbocycles. The number of ether oxygens (including phenoxy) is 1. The molecule has 0 saturated carbocycles. The quantitative estimate of drug-likeness (QED) is 0.220. The standard InChI is InChI=1S/C33H27BrN2O/c1-33(2,3)29-20-32(35-21-28(29)22-10-5-4-6-11-22)36-30-15-8-7-14-26(30)27-17-16-25(19-31(27)36)37-24-13-9-12-23(34)18-24/h4-21H,1-3H3. The smallest absolute Gasteiger partial charge is 0.137 e. The predicted octanol–water partition coefficient (Wildman–Crippen LogP) is 9.70. The summed E-state index contributed by atoms with van der Waals surface area (Å²) in [5, 5.41) is 2.36. The molecule has 0 bridgehead atoms. The minimum Gasteiger partial charge on any atom is -0.457 e. The van der Waals surface area contributed by atoms with E-state index in [4.69, 9.17) is 9.72 Å². The first-order valence-corrected chi connectivity index (χ1v) is 13.2. The van der Waals surface area contributed by atoms with Gasteiger partial charge in [0.15, 0.2) is 0 Å². The number of hydrogen-bond acceptors (Lipinski definition) is 2. The molecule has 0 N–H and O–H groups in total. The van der Waals surface area contributed by atoms with E-state index in [0.717, 1.165) is 38.4 Å². The molecule has 0 amide bonds. The maximum absolute atomic E-state index is 6.25. The van der Waals surface area contributed by atoms with Crippen LogP contribution in [0.4, 0.5) is 0 Å². The molecule has 182 valence electrons. The fourth-order valence-electron chi connectivity index (χ4n) is 4.96. The van der Waals surface area contributed by atoms with Crippen molar-refractivity contribution in [3.8, 4) is 28.4 Å². The molecule has 0 atom stereocenters. The Morgan fingerprint density at radius 2 is 1.43 bits per heavy atom. The second-order valence-corrected chi connectivity index (χ2v) is 11.2. The van der Waals surface area contributed by atoms with E-state index >= 15 is 0 Å². The van der Waals surface area contributed by atoms with Crippen LogP contribution in [0, 0.1) is 0 Å². The van der Waals surface area contributed by atoms with Crippen LogP contribution in [0.1, 0.15) is 26.3 Å². The molecular formula is C33H27BrN2O. The molecule has 6 rings (SSSR count). The van der Waals surface area contributed by atoms with E-state index in [1.807, 2.05) is 42.6 Å². The summed E-state index contributed by atoms with van der Waals surface area (Å²) in [4.78, 5) is 5.01. The lowest BCUT2D eigenvalue weighted by molar-refractivity contribution is 0.483. The second kappa shape index (κ2) is 9.20. The maximum Gasteiger partial charge on any atom is 0.137 e. The first-order valence-electron chi connectivity index (χ1n) is 12.4. The Morgan fingerprint density at radius 1 is 0.703 bits per heavy atom. The third-order valence-electron chi connectivity index (χ3n) is 6.69. The monoisotopic (exact) mass is 546 g/mol. The van der Waals surface area contributed by atoms with E-state index in [1.165, 1.54) is 21.9 Å². The second-order valence-electron chi connectivity index (χ2n) is 10.3. The number of nitrogens with zero attached hydrogens (tertiary/aromatic N) is 2. The van der Waals surface area contributed by atoms with Crippen LogP contribution in [0.2, 0.25) is 0 Å². The van der Waals surface area contributed by atoms with E-state index in [-0.39, 0.29) is 5.41 Å². The Kier molecular flexibility index (Phi) is 5.85. The van der Waals surface area contributed by atoms with E-state index in [1.54, 1.807) is 0 Å². The average Bonchev–Trinajstić information content (AvgIpc) is 3.22. The van der Waals surface area contributed by atoms with Crippen LogP contribution in [0.5, 0.6) is 11.5 Å². The van der Waals surface area contributed by atoms with Crippen LogP contribution in [-0.2, 0) is 5.41 Å². The minimum absolute atomic E-state index is 0.0589. The molecule has 0 saturated heterocycles. The molecule has 6 aromatic rings. The van der Waals surface area contributed by atoms with Gasteiger partial charge in [-0.1, -0.05) is 91.3 Å². The van der Waals surface area contributed by atoms with Crippen molar-refractivity contribution in [1.29, 1.82) is 0 Å². The van der Waals surface area contributed by atoms with Crippen molar-refractivity contribution >= 4 is 37.7 Å². The third-order valence-corrected chi connectivity index (χ3v) is 7.18. The summed E-state index contributed by atoms with van der Waals surface area (Å²) in [6.07, 6.45) is 2.02. The summed E-state index contributed by atoms with van der Waals surface area (Å²) in [5.74, 6) is 2.47. The van der Waals surface area contributed by atoms with Crippen molar-refractivity contribution in [2.45, 2.75) is 26.2 Å². The van der Waals surface area contributed by atoms with E-state index in [2.05, 4.69) is 108 Å². The number of benzene rings is 4. The zero-order valence-electron chi connectivity index (χ0n) is 21.1. The topological polar surface area (TPSA) is 27.1 Å². The molecule has 0 unspecified atom stereocenters. The molecule has 4 aromatic carbocycles. The summed E-state index contributed by atoms with van der Waals surface area (Å²) in [7, 11) is 0. The highest BCUT2D eigenvalue weighted by Gasteiger charge is 2.22. The summed E-state index contributed by atoms with van der Waals surface area (Å²) in [6.45, 7) is 6.77. The molecular weight excluding hydrogens is 520 g/mol. The van der Waals surface area contributed by atoms with Gasteiger partial charge in [0, 0.05) is 33.1 Å². The fourth-order valence-corrected chi connectivity index (χ4v) is 5.34. The van der Waals surface area contributed by atoms with Gasteiger partial charge in [0.25, 0.3) is 0 Å². The van der Waals surface area contributed by atoms with Crippen molar-refractivity contribution in [2.24, 2.45) is 0 Å². The highest BCUT2D eigenvalue weighted by molar-refractivity contribution is 9.10. The van der Waals surface area contributed by atoms with Gasteiger partial charge in [-0.3, -0.25) is 4.57 Å². The molecule has 2 heterocycles. The summed E-state index contributed by atoms with van der Waals surface area (Å²) in [5.41, 5.74) is 5.73. The molecule has 0 spiro atoms. The van der Waals surface area contributed by atoms with Gasteiger partial charge in [-0.15, -0.1) is 0 Å². The number of fused-ring (bicyclic) bond motifs is 3. The average molecular weight is 547 g/mol. The number of halogens is 1. The zero-order chi connectivity index (χ0) is 25.6. The summed E-state index contributed by atoms with van der Waals surface area (Å²) >= 11 is 3.53. The number of hydrogen-bond donors (Lipinski definition) is 0. The predicted molar refractivity (Wildman–Crippen MR) is 157 cm³/mol. The lowest BCUT2D eigenvalue weighted by atomic mass is 9.82. The van der Waals surface area contributed by atoms with Crippen LogP contribution in [-0.4, -0.2) is 9.55 Å². The number of para-hydroxylation sites is 1. The molecule has 0 aliphatic rings. The summed E-state index contributed by atoms with van der Waals surface area (Å²) in [6, 6.07) is 35.4. The minimum atomic E-state index is -0.0589. The Morgan fingerprint density at radius 3 is 2.22 bits per heavy atom. The summed E-state index contributed by atoms with van der Waals surface area (Å²) < 4.78 is 9.48. The highest BCUT2D eigenvalue weighted by atomic mass is 79.9. The zero-order valence-corrected chi connectivity index (χ0v) is 22.7. The van der Waals surface area contributed by atoms with Crippen molar-refractivity contribution in [2.75, 3.05) is 0 Å². The van der Waals surface area contributed by atoms with E-state index < -0.39 is 0 Å². The molecule has 2 aromatic heterocycles. The fraction of sp³-hybridized carbons (Fsp3) is 0.121. The SMILES string of the molecule is CC(C)(C)c1cc(-n2c3ccccc3c3ccc(Oc4cccc(Br)c4)cc32)ncc1-c1ccccc1. The van der Waals surface area contributed by atoms with Crippen LogP contribution in [0.25, 0.3) is 38.8 Å². The van der Waals surface area contributed by atoms with E-state index in [0.29, 0.717) is 0 Å². The highest BCUT2D eigenvalue weighted by Crippen LogP contribution is 2.38. The van der Waals surface area contributed by atoms with Gasteiger partial charge in [-0.25, -0.2) is 4.98 Å². The lowest BCUT2D eigenvalue weighted by Gasteiger charge is -2.24. The van der Waals surface area contributed by atoms with Crippen molar-refractivity contribution in [3.05, 3.63) is 119 Å². The normalized spacial score (nSPS) is 11.8.